The van der Waals surface area contributed by atoms with Crippen molar-refractivity contribution in [1.29, 1.82) is 0 Å². The number of hydrogen-bond acceptors (Lipinski definition) is 0. The molecule has 0 aromatic rings. The van der Waals surface area contributed by atoms with Crippen LogP contribution in [-0.2, 0) is 0 Å². The van der Waals surface area contributed by atoms with Crippen molar-refractivity contribution in [3.8, 4) is 0 Å². The van der Waals surface area contributed by atoms with Gasteiger partial charge in [-0.2, -0.15) is 0 Å². The molecule has 84 valence electrons. The molecular weight excluding hydrogens is 168 g/mol. The maximum atomic E-state index is 2.50. The third-order valence-electron chi connectivity index (χ3n) is 4.89. The lowest BCUT2D eigenvalue weighted by atomic mass is 9.82. The molecule has 1 saturated carbocycles. The van der Waals surface area contributed by atoms with Gasteiger partial charge in [0.15, 0.2) is 0 Å². The summed E-state index contributed by atoms with van der Waals surface area (Å²) < 4.78 is 0. The van der Waals surface area contributed by atoms with Gasteiger partial charge in [-0.15, -0.1) is 0 Å². The molecule has 4 atom stereocenters. The van der Waals surface area contributed by atoms with Crippen molar-refractivity contribution in [3.05, 3.63) is 0 Å². The minimum atomic E-state index is 0.972. The van der Waals surface area contributed by atoms with Crippen LogP contribution in [0.2, 0.25) is 0 Å². The third kappa shape index (κ3) is 1.85. The molecule has 0 saturated heterocycles. The second kappa shape index (κ2) is 5.19. The van der Waals surface area contributed by atoms with Gasteiger partial charge in [0.1, 0.15) is 0 Å². The highest BCUT2D eigenvalue weighted by atomic mass is 14.5. The molecule has 4 unspecified atom stereocenters. The highest BCUT2D eigenvalue weighted by molar-refractivity contribution is 4.92. The van der Waals surface area contributed by atoms with Crippen LogP contribution in [0.1, 0.15) is 60.3 Å². The highest BCUT2D eigenvalue weighted by Gasteiger charge is 2.44. The van der Waals surface area contributed by atoms with Gasteiger partial charge in [0.05, 0.1) is 0 Å². The lowest BCUT2D eigenvalue weighted by Crippen LogP contribution is -2.15. The molecule has 0 bridgehead atoms. The second-order valence-corrected chi connectivity index (χ2v) is 5.15. The molecule has 1 rings (SSSR count). The molecule has 0 spiro atoms. The van der Waals surface area contributed by atoms with Crippen molar-refractivity contribution >= 4 is 0 Å². The SMILES string of the molecule is CCC1C(C)C(CC)C(CC)C1CC. The predicted octanol–water partition coefficient (Wildman–Crippen LogP) is 4.74. The van der Waals surface area contributed by atoms with E-state index in [2.05, 4.69) is 34.6 Å². The van der Waals surface area contributed by atoms with Gasteiger partial charge in [-0.05, 0) is 29.6 Å². The fraction of sp³-hybridized carbons (Fsp3) is 1.00. The van der Waals surface area contributed by atoms with E-state index in [1.165, 1.54) is 25.7 Å². The Hall–Kier alpha value is 0. The van der Waals surface area contributed by atoms with Crippen LogP contribution in [-0.4, -0.2) is 0 Å². The number of hydrogen-bond donors (Lipinski definition) is 0. The molecule has 0 heteroatoms. The van der Waals surface area contributed by atoms with Crippen molar-refractivity contribution in [2.24, 2.45) is 29.6 Å². The van der Waals surface area contributed by atoms with Gasteiger partial charge >= 0.3 is 0 Å². The van der Waals surface area contributed by atoms with Crippen molar-refractivity contribution in [3.63, 3.8) is 0 Å². The normalized spacial score (nSPS) is 43.1. The van der Waals surface area contributed by atoms with Crippen molar-refractivity contribution in [2.75, 3.05) is 0 Å². The lowest BCUT2D eigenvalue weighted by Gasteiger charge is -2.23. The van der Waals surface area contributed by atoms with E-state index >= 15 is 0 Å². The van der Waals surface area contributed by atoms with E-state index in [0.717, 1.165) is 29.6 Å². The molecule has 0 aliphatic heterocycles. The van der Waals surface area contributed by atoms with Gasteiger partial charge < -0.3 is 0 Å². The smallest absolute Gasteiger partial charge is 0.0355 e. The van der Waals surface area contributed by atoms with Gasteiger partial charge in [0.2, 0.25) is 0 Å². The first-order valence-electron chi connectivity index (χ1n) is 6.71. The van der Waals surface area contributed by atoms with Crippen LogP contribution in [0.3, 0.4) is 0 Å². The van der Waals surface area contributed by atoms with E-state index in [0.29, 0.717) is 0 Å². The molecule has 1 fully saturated rings. The van der Waals surface area contributed by atoms with Crippen LogP contribution >= 0.6 is 0 Å². The predicted molar refractivity (Wildman–Crippen MR) is 64.3 cm³/mol. The van der Waals surface area contributed by atoms with Crippen molar-refractivity contribution in [1.82, 2.24) is 0 Å². The summed E-state index contributed by atoms with van der Waals surface area (Å²) in [5, 5.41) is 0. The summed E-state index contributed by atoms with van der Waals surface area (Å²) in [6, 6.07) is 0. The summed E-state index contributed by atoms with van der Waals surface area (Å²) in [6.45, 7) is 12.0. The van der Waals surface area contributed by atoms with Crippen LogP contribution in [0.4, 0.5) is 0 Å². The van der Waals surface area contributed by atoms with Crippen LogP contribution in [0.25, 0.3) is 0 Å². The average molecular weight is 196 g/mol. The summed E-state index contributed by atoms with van der Waals surface area (Å²) in [5.41, 5.74) is 0. The first kappa shape index (κ1) is 12.1. The topological polar surface area (TPSA) is 0 Å². The largest absolute Gasteiger partial charge is 0.0651 e. The van der Waals surface area contributed by atoms with Gasteiger partial charge in [0, 0.05) is 0 Å². The summed E-state index contributed by atoms with van der Waals surface area (Å²) in [6.07, 6.45) is 5.59. The van der Waals surface area contributed by atoms with Crippen LogP contribution < -0.4 is 0 Å². The number of rotatable bonds is 4. The fourth-order valence-electron chi connectivity index (χ4n) is 4.29. The van der Waals surface area contributed by atoms with Crippen molar-refractivity contribution in [2.45, 2.75) is 60.3 Å². The summed E-state index contributed by atoms with van der Waals surface area (Å²) in [4.78, 5) is 0. The zero-order valence-electron chi connectivity index (χ0n) is 10.7. The Morgan fingerprint density at radius 2 is 0.857 bits per heavy atom. The van der Waals surface area contributed by atoms with Gasteiger partial charge in [-0.1, -0.05) is 60.3 Å². The molecule has 0 N–H and O–H groups in total. The molecule has 14 heavy (non-hydrogen) atoms. The molecular formula is C14H28. The van der Waals surface area contributed by atoms with Crippen LogP contribution in [0, 0.1) is 29.6 Å². The van der Waals surface area contributed by atoms with Gasteiger partial charge in [-0.25, -0.2) is 0 Å². The zero-order chi connectivity index (χ0) is 10.7. The van der Waals surface area contributed by atoms with E-state index in [1.54, 1.807) is 0 Å². The standard InChI is InChI=1S/C14H28/c1-6-11-10(5)12(7-2)14(9-4)13(11)8-3/h10-14H,6-9H2,1-5H3. The Kier molecular flexibility index (Phi) is 4.47. The molecule has 0 heterocycles. The Morgan fingerprint density at radius 3 is 1.07 bits per heavy atom. The first-order valence-corrected chi connectivity index (χ1v) is 6.71. The van der Waals surface area contributed by atoms with E-state index in [9.17, 15) is 0 Å². The molecule has 1 aliphatic carbocycles. The Bertz CT molecular complexity index is 143. The minimum Gasteiger partial charge on any atom is -0.0651 e. The average Bonchev–Trinajstić information content (AvgIpc) is 2.48. The molecule has 0 aromatic heterocycles. The quantitative estimate of drug-likeness (QED) is 0.609. The zero-order valence-corrected chi connectivity index (χ0v) is 10.7. The van der Waals surface area contributed by atoms with Gasteiger partial charge in [-0.3, -0.25) is 0 Å². The summed E-state index contributed by atoms with van der Waals surface area (Å²) in [7, 11) is 0. The van der Waals surface area contributed by atoms with Crippen molar-refractivity contribution < 1.29 is 0 Å². The van der Waals surface area contributed by atoms with Crippen LogP contribution in [0.5, 0.6) is 0 Å². The fourth-order valence-corrected chi connectivity index (χ4v) is 4.29. The highest BCUT2D eigenvalue weighted by Crippen LogP contribution is 2.51. The van der Waals surface area contributed by atoms with Gasteiger partial charge in [0.25, 0.3) is 0 Å². The Labute approximate surface area is 90.5 Å². The maximum absolute atomic E-state index is 2.50. The molecule has 0 nitrogen and oxygen atoms in total. The monoisotopic (exact) mass is 196 g/mol. The maximum Gasteiger partial charge on any atom is -0.0355 e. The Morgan fingerprint density at radius 1 is 0.571 bits per heavy atom. The molecule has 0 aromatic carbocycles. The van der Waals surface area contributed by atoms with E-state index in [-0.39, 0.29) is 0 Å². The molecule has 0 amide bonds. The summed E-state index contributed by atoms with van der Waals surface area (Å²) in [5.74, 6) is 5.03. The first-order chi connectivity index (χ1) is 6.71. The molecule has 1 aliphatic rings. The van der Waals surface area contributed by atoms with E-state index in [1.807, 2.05) is 0 Å². The van der Waals surface area contributed by atoms with Crippen LogP contribution in [0.15, 0.2) is 0 Å². The van der Waals surface area contributed by atoms with E-state index < -0.39 is 0 Å². The minimum absolute atomic E-state index is 0.972. The van der Waals surface area contributed by atoms with E-state index in [4.69, 9.17) is 0 Å². The molecule has 0 radical (unpaired) electrons. The second-order valence-electron chi connectivity index (χ2n) is 5.15. The lowest BCUT2D eigenvalue weighted by molar-refractivity contribution is 0.260. The third-order valence-corrected chi connectivity index (χ3v) is 4.89. The Balaban J connectivity index is 2.81. The summed E-state index contributed by atoms with van der Waals surface area (Å²) >= 11 is 0.